The van der Waals surface area contributed by atoms with Gasteiger partial charge in [0.1, 0.15) is 11.5 Å². The molecule has 17 heavy (non-hydrogen) atoms. The van der Waals surface area contributed by atoms with Crippen molar-refractivity contribution in [3.63, 3.8) is 0 Å². The molecule has 0 amide bonds. The van der Waals surface area contributed by atoms with Crippen LogP contribution < -0.4 is 15.2 Å². The van der Waals surface area contributed by atoms with Gasteiger partial charge < -0.3 is 20.1 Å². The Morgan fingerprint density at radius 1 is 1.24 bits per heavy atom. The van der Waals surface area contributed by atoms with Crippen molar-refractivity contribution < 1.29 is 9.47 Å². The van der Waals surface area contributed by atoms with E-state index in [2.05, 4.69) is 4.90 Å². The van der Waals surface area contributed by atoms with E-state index in [9.17, 15) is 0 Å². The Morgan fingerprint density at radius 2 is 1.94 bits per heavy atom. The lowest BCUT2D eigenvalue weighted by molar-refractivity contribution is 0.276. The fraction of sp³-hybridized carbons (Fsp3) is 0.538. The summed E-state index contributed by atoms with van der Waals surface area (Å²) >= 11 is 0. The smallest absolute Gasteiger partial charge is 0.123 e. The SMILES string of the molecule is COc1ccc(OC)c(C(CCN)N(C)C)c1. The predicted octanol–water partition coefficient (Wildman–Crippen LogP) is 1.66. The monoisotopic (exact) mass is 238 g/mol. The molecular weight excluding hydrogens is 216 g/mol. The van der Waals surface area contributed by atoms with Crippen LogP contribution in [0.15, 0.2) is 18.2 Å². The molecular formula is C13H22N2O2. The van der Waals surface area contributed by atoms with Crippen LogP contribution in [0.5, 0.6) is 11.5 Å². The highest BCUT2D eigenvalue weighted by atomic mass is 16.5. The molecule has 0 aliphatic rings. The quantitative estimate of drug-likeness (QED) is 0.818. The van der Waals surface area contributed by atoms with Gasteiger partial charge in [0.15, 0.2) is 0 Å². The maximum Gasteiger partial charge on any atom is 0.123 e. The first-order chi connectivity index (χ1) is 8.13. The number of hydrogen-bond acceptors (Lipinski definition) is 4. The standard InChI is InChI=1S/C13H22N2O2/c1-15(2)12(7-8-14)11-9-10(16-3)5-6-13(11)17-4/h5-6,9,12H,7-8,14H2,1-4H3. The number of methoxy groups -OCH3 is 2. The van der Waals surface area contributed by atoms with Gasteiger partial charge in [0.25, 0.3) is 0 Å². The summed E-state index contributed by atoms with van der Waals surface area (Å²) in [6, 6.07) is 6.09. The molecule has 2 N–H and O–H groups in total. The fourth-order valence-corrected chi connectivity index (χ4v) is 1.95. The third-order valence-electron chi connectivity index (χ3n) is 2.86. The summed E-state index contributed by atoms with van der Waals surface area (Å²) in [4.78, 5) is 2.14. The van der Waals surface area contributed by atoms with Gasteiger partial charge >= 0.3 is 0 Å². The minimum absolute atomic E-state index is 0.241. The van der Waals surface area contributed by atoms with E-state index >= 15 is 0 Å². The summed E-state index contributed by atoms with van der Waals surface area (Å²) in [5, 5.41) is 0. The second kappa shape index (κ2) is 6.47. The van der Waals surface area contributed by atoms with E-state index in [-0.39, 0.29) is 6.04 Å². The molecule has 1 atom stereocenters. The van der Waals surface area contributed by atoms with Gasteiger partial charge in [-0.1, -0.05) is 0 Å². The molecule has 1 aromatic rings. The van der Waals surface area contributed by atoms with E-state index in [0.717, 1.165) is 23.5 Å². The average Bonchev–Trinajstić information content (AvgIpc) is 2.34. The molecule has 0 bridgehead atoms. The van der Waals surface area contributed by atoms with Gasteiger partial charge in [0.2, 0.25) is 0 Å². The number of ether oxygens (including phenoxy) is 2. The van der Waals surface area contributed by atoms with Crippen molar-refractivity contribution in [2.75, 3.05) is 34.9 Å². The fourth-order valence-electron chi connectivity index (χ4n) is 1.95. The minimum atomic E-state index is 0.241. The zero-order valence-electron chi connectivity index (χ0n) is 11.1. The Kier molecular flexibility index (Phi) is 5.25. The molecule has 0 fully saturated rings. The number of nitrogens with two attached hydrogens (primary N) is 1. The molecule has 0 aliphatic carbocycles. The highest BCUT2D eigenvalue weighted by molar-refractivity contribution is 5.42. The summed E-state index contributed by atoms with van der Waals surface area (Å²) in [6.07, 6.45) is 0.885. The number of hydrogen-bond donors (Lipinski definition) is 1. The minimum Gasteiger partial charge on any atom is -0.497 e. The first kappa shape index (κ1) is 13.8. The third kappa shape index (κ3) is 3.35. The summed E-state index contributed by atoms with van der Waals surface area (Å²) < 4.78 is 10.7. The van der Waals surface area contributed by atoms with Crippen molar-refractivity contribution >= 4 is 0 Å². The lowest BCUT2D eigenvalue weighted by atomic mass is 10.0. The first-order valence-corrected chi connectivity index (χ1v) is 5.72. The largest absolute Gasteiger partial charge is 0.497 e. The van der Waals surface area contributed by atoms with Crippen LogP contribution in [0.2, 0.25) is 0 Å². The molecule has 0 aliphatic heterocycles. The van der Waals surface area contributed by atoms with Crippen molar-refractivity contribution in [3.8, 4) is 11.5 Å². The van der Waals surface area contributed by atoms with E-state index in [1.54, 1.807) is 14.2 Å². The molecule has 0 radical (unpaired) electrons. The lowest BCUT2D eigenvalue weighted by Crippen LogP contribution is -2.23. The highest BCUT2D eigenvalue weighted by Gasteiger charge is 2.18. The second-order valence-corrected chi connectivity index (χ2v) is 4.16. The van der Waals surface area contributed by atoms with Crippen molar-refractivity contribution in [2.45, 2.75) is 12.5 Å². The van der Waals surface area contributed by atoms with E-state index in [0.29, 0.717) is 6.54 Å². The number of nitrogens with zero attached hydrogens (tertiary/aromatic N) is 1. The van der Waals surface area contributed by atoms with E-state index in [1.807, 2.05) is 32.3 Å². The second-order valence-electron chi connectivity index (χ2n) is 4.16. The Morgan fingerprint density at radius 3 is 2.41 bits per heavy atom. The molecule has 1 unspecified atom stereocenters. The summed E-state index contributed by atoms with van der Waals surface area (Å²) in [6.45, 7) is 0.642. The summed E-state index contributed by atoms with van der Waals surface area (Å²) in [7, 11) is 7.43. The van der Waals surface area contributed by atoms with Gasteiger partial charge in [-0.05, 0) is 45.3 Å². The van der Waals surface area contributed by atoms with Crippen molar-refractivity contribution in [3.05, 3.63) is 23.8 Å². The van der Waals surface area contributed by atoms with Gasteiger partial charge in [-0.2, -0.15) is 0 Å². The highest BCUT2D eigenvalue weighted by Crippen LogP contribution is 2.33. The molecule has 0 saturated heterocycles. The Bertz CT molecular complexity index is 353. The molecule has 96 valence electrons. The molecule has 1 rings (SSSR count). The van der Waals surface area contributed by atoms with Gasteiger partial charge in [-0.3, -0.25) is 0 Å². The summed E-state index contributed by atoms with van der Waals surface area (Å²) in [5.41, 5.74) is 6.78. The Hall–Kier alpha value is -1.26. The number of rotatable bonds is 6. The molecule has 1 aromatic carbocycles. The van der Waals surface area contributed by atoms with Crippen LogP contribution in [0.25, 0.3) is 0 Å². The molecule has 0 spiro atoms. The number of benzene rings is 1. The van der Waals surface area contributed by atoms with Crippen LogP contribution in [0.4, 0.5) is 0 Å². The average molecular weight is 238 g/mol. The van der Waals surface area contributed by atoms with Gasteiger partial charge in [-0.15, -0.1) is 0 Å². The lowest BCUT2D eigenvalue weighted by Gasteiger charge is -2.26. The third-order valence-corrected chi connectivity index (χ3v) is 2.86. The van der Waals surface area contributed by atoms with E-state index in [1.165, 1.54) is 0 Å². The molecule has 0 saturated carbocycles. The Balaban J connectivity index is 3.13. The molecule has 0 heterocycles. The zero-order valence-corrected chi connectivity index (χ0v) is 11.1. The van der Waals surface area contributed by atoms with Crippen LogP contribution in [0, 0.1) is 0 Å². The first-order valence-electron chi connectivity index (χ1n) is 5.72. The normalized spacial score (nSPS) is 12.6. The summed E-state index contributed by atoms with van der Waals surface area (Å²) in [5.74, 6) is 1.71. The van der Waals surface area contributed by atoms with Crippen molar-refractivity contribution in [1.82, 2.24) is 4.90 Å². The van der Waals surface area contributed by atoms with Gasteiger partial charge in [0.05, 0.1) is 14.2 Å². The van der Waals surface area contributed by atoms with Gasteiger partial charge in [0, 0.05) is 11.6 Å². The van der Waals surface area contributed by atoms with Crippen molar-refractivity contribution in [1.29, 1.82) is 0 Å². The van der Waals surface area contributed by atoms with E-state index < -0.39 is 0 Å². The predicted molar refractivity (Wildman–Crippen MR) is 69.6 cm³/mol. The Labute approximate surface area is 103 Å². The van der Waals surface area contributed by atoms with Crippen LogP contribution in [-0.4, -0.2) is 39.8 Å². The van der Waals surface area contributed by atoms with Crippen LogP contribution in [0.3, 0.4) is 0 Å². The van der Waals surface area contributed by atoms with Crippen molar-refractivity contribution in [2.24, 2.45) is 5.73 Å². The molecule has 0 aromatic heterocycles. The van der Waals surface area contributed by atoms with Gasteiger partial charge in [-0.25, -0.2) is 0 Å². The maximum atomic E-state index is 5.67. The zero-order chi connectivity index (χ0) is 12.8. The van der Waals surface area contributed by atoms with E-state index in [4.69, 9.17) is 15.2 Å². The van der Waals surface area contributed by atoms with Crippen LogP contribution >= 0.6 is 0 Å². The van der Waals surface area contributed by atoms with Crippen LogP contribution in [0.1, 0.15) is 18.0 Å². The maximum absolute atomic E-state index is 5.67. The van der Waals surface area contributed by atoms with Crippen LogP contribution in [-0.2, 0) is 0 Å². The topological polar surface area (TPSA) is 47.7 Å². The molecule has 4 heteroatoms. The molecule has 4 nitrogen and oxygen atoms in total.